The quantitative estimate of drug-likeness (QED) is 0.775. The van der Waals surface area contributed by atoms with Gasteiger partial charge in [-0.2, -0.15) is 0 Å². The van der Waals surface area contributed by atoms with Crippen LogP contribution in [0.3, 0.4) is 0 Å². The van der Waals surface area contributed by atoms with Gasteiger partial charge in [0.1, 0.15) is 0 Å². The Morgan fingerprint density at radius 3 is 2.52 bits per heavy atom. The van der Waals surface area contributed by atoms with Gasteiger partial charge >= 0.3 is 12.0 Å². The first-order valence-electron chi connectivity index (χ1n) is 7.27. The van der Waals surface area contributed by atoms with Gasteiger partial charge in [0.15, 0.2) is 0 Å². The van der Waals surface area contributed by atoms with Gasteiger partial charge in [0.2, 0.25) is 0 Å². The molecule has 0 aliphatic rings. The molecule has 6 heteroatoms. The molecule has 2 N–H and O–H groups in total. The van der Waals surface area contributed by atoms with Crippen molar-refractivity contribution in [1.29, 1.82) is 0 Å². The number of urea groups is 1. The van der Waals surface area contributed by atoms with Crippen molar-refractivity contribution in [3.05, 3.63) is 21.9 Å². The first kappa shape index (κ1) is 17.5. The number of hydrogen-bond acceptors (Lipinski definition) is 3. The lowest BCUT2D eigenvalue weighted by atomic mass is 10.2. The predicted octanol–water partition coefficient (Wildman–Crippen LogP) is 3.10. The molecule has 5 nitrogen and oxygen atoms in total. The van der Waals surface area contributed by atoms with Crippen molar-refractivity contribution in [3.8, 4) is 0 Å². The number of rotatable bonds is 8. The van der Waals surface area contributed by atoms with E-state index in [1.165, 1.54) is 4.88 Å². The number of carboxylic acid groups (broad SMARTS) is 1. The van der Waals surface area contributed by atoms with Crippen molar-refractivity contribution >= 4 is 23.3 Å². The van der Waals surface area contributed by atoms with Crippen LogP contribution in [0.4, 0.5) is 4.79 Å². The normalized spacial score (nSPS) is 10.7. The molecule has 0 saturated carbocycles. The fraction of sp³-hybridized carbons (Fsp3) is 0.600. The van der Waals surface area contributed by atoms with E-state index in [2.05, 4.69) is 18.3 Å². The van der Waals surface area contributed by atoms with Gasteiger partial charge in [-0.3, -0.25) is 4.79 Å². The number of nitrogens with one attached hydrogen (secondary N) is 1. The summed E-state index contributed by atoms with van der Waals surface area (Å²) in [5, 5.41) is 11.6. The van der Waals surface area contributed by atoms with E-state index in [1.807, 2.05) is 19.9 Å². The van der Waals surface area contributed by atoms with Crippen LogP contribution in [0.15, 0.2) is 12.1 Å². The summed E-state index contributed by atoms with van der Waals surface area (Å²) in [7, 11) is 0. The number of amides is 2. The zero-order valence-corrected chi connectivity index (χ0v) is 13.7. The van der Waals surface area contributed by atoms with Crippen molar-refractivity contribution in [1.82, 2.24) is 10.2 Å². The van der Waals surface area contributed by atoms with E-state index in [-0.39, 0.29) is 18.5 Å². The molecule has 1 rings (SSSR count). The van der Waals surface area contributed by atoms with Crippen LogP contribution in [-0.2, 0) is 17.8 Å². The lowest BCUT2D eigenvalue weighted by Crippen LogP contribution is -2.44. The van der Waals surface area contributed by atoms with Crippen molar-refractivity contribution in [3.63, 3.8) is 0 Å². The summed E-state index contributed by atoms with van der Waals surface area (Å²) in [6, 6.07) is 4.03. The highest BCUT2D eigenvalue weighted by Crippen LogP contribution is 2.16. The van der Waals surface area contributed by atoms with Crippen molar-refractivity contribution < 1.29 is 14.7 Å². The van der Waals surface area contributed by atoms with Crippen LogP contribution in [-0.4, -0.2) is 34.6 Å². The molecule has 0 saturated heterocycles. The molecule has 0 aliphatic carbocycles. The number of carbonyl (C=O) groups excluding carboxylic acids is 1. The zero-order chi connectivity index (χ0) is 15.8. The monoisotopic (exact) mass is 312 g/mol. The number of nitrogens with zero attached hydrogens (tertiary/aromatic N) is 1. The minimum Gasteiger partial charge on any atom is -0.481 e. The molecular weight excluding hydrogens is 288 g/mol. The number of carboxylic acids is 1. The maximum absolute atomic E-state index is 12.2. The van der Waals surface area contributed by atoms with Gasteiger partial charge in [-0.15, -0.1) is 11.3 Å². The van der Waals surface area contributed by atoms with Gasteiger partial charge in [-0.25, -0.2) is 4.79 Å². The Hall–Kier alpha value is -1.56. The van der Waals surface area contributed by atoms with Crippen LogP contribution in [0.2, 0.25) is 0 Å². The Kier molecular flexibility index (Phi) is 7.22. The number of aryl methyl sites for hydroxylation is 1. The molecule has 0 bridgehead atoms. The summed E-state index contributed by atoms with van der Waals surface area (Å²) in [6.45, 7) is 6.95. The largest absolute Gasteiger partial charge is 0.481 e. The summed E-state index contributed by atoms with van der Waals surface area (Å²) in [5.74, 6) is -0.829. The summed E-state index contributed by atoms with van der Waals surface area (Å²) in [5.41, 5.74) is 0. The van der Waals surface area contributed by atoms with Crippen LogP contribution in [0.5, 0.6) is 0 Å². The molecule has 0 unspecified atom stereocenters. The van der Waals surface area contributed by atoms with Crippen molar-refractivity contribution in [2.75, 3.05) is 6.54 Å². The Labute approximate surface area is 130 Å². The average molecular weight is 312 g/mol. The highest BCUT2D eigenvalue weighted by molar-refractivity contribution is 7.11. The third kappa shape index (κ3) is 6.16. The molecule has 118 valence electrons. The zero-order valence-electron chi connectivity index (χ0n) is 12.9. The lowest BCUT2D eigenvalue weighted by Gasteiger charge is -2.26. The summed E-state index contributed by atoms with van der Waals surface area (Å²) < 4.78 is 0. The third-order valence-corrected chi connectivity index (χ3v) is 4.38. The molecule has 0 radical (unpaired) electrons. The second kappa shape index (κ2) is 8.67. The van der Waals surface area contributed by atoms with Crippen molar-refractivity contribution in [2.24, 2.45) is 0 Å². The lowest BCUT2D eigenvalue weighted by molar-refractivity contribution is -0.137. The second-order valence-electron chi connectivity index (χ2n) is 5.16. The summed E-state index contributed by atoms with van der Waals surface area (Å²) >= 11 is 1.71. The van der Waals surface area contributed by atoms with E-state index in [0.717, 1.165) is 11.3 Å². The van der Waals surface area contributed by atoms with Gasteiger partial charge < -0.3 is 15.3 Å². The fourth-order valence-corrected chi connectivity index (χ4v) is 2.86. The summed E-state index contributed by atoms with van der Waals surface area (Å²) in [4.78, 5) is 26.8. The van der Waals surface area contributed by atoms with E-state index >= 15 is 0 Å². The number of hydrogen-bond donors (Lipinski definition) is 2. The molecule has 0 fully saturated rings. The minimum absolute atomic E-state index is 0.0494. The standard InChI is InChI=1S/C15H24N2O3S/c1-4-12-7-8-13(21-12)10-16-15(20)17(11(2)3)9-5-6-14(18)19/h7-8,11H,4-6,9-10H2,1-3H3,(H,16,20)(H,18,19). The van der Waals surface area contributed by atoms with Crippen molar-refractivity contribution in [2.45, 2.75) is 52.6 Å². The topological polar surface area (TPSA) is 69.6 Å². The molecule has 1 aromatic heterocycles. The molecule has 1 heterocycles. The number of thiophene rings is 1. The van der Waals surface area contributed by atoms with Gasteiger partial charge in [-0.1, -0.05) is 6.92 Å². The van der Waals surface area contributed by atoms with Gasteiger partial charge in [0.25, 0.3) is 0 Å². The van der Waals surface area contributed by atoms with E-state index < -0.39 is 5.97 Å². The van der Waals surface area contributed by atoms with Gasteiger partial charge in [-0.05, 0) is 38.8 Å². The number of carbonyl (C=O) groups is 2. The maximum Gasteiger partial charge on any atom is 0.317 e. The van der Waals surface area contributed by atoms with Gasteiger partial charge in [0, 0.05) is 28.8 Å². The minimum atomic E-state index is -0.829. The van der Waals surface area contributed by atoms with Crippen LogP contribution >= 0.6 is 11.3 Å². The molecule has 0 aromatic carbocycles. The Morgan fingerprint density at radius 1 is 1.33 bits per heavy atom. The molecule has 2 amide bonds. The van der Waals surface area contributed by atoms with E-state index in [0.29, 0.717) is 19.5 Å². The third-order valence-electron chi connectivity index (χ3n) is 3.15. The molecular formula is C15H24N2O3S. The SMILES string of the molecule is CCc1ccc(CNC(=O)N(CCCC(=O)O)C(C)C)s1. The Balaban J connectivity index is 2.46. The number of aliphatic carboxylic acids is 1. The molecule has 0 spiro atoms. The predicted molar refractivity (Wildman–Crippen MR) is 84.6 cm³/mol. The Morgan fingerprint density at radius 2 is 2.00 bits per heavy atom. The fourth-order valence-electron chi connectivity index (χ4n) is 1.97. The van der Waals surface area contributed by atoms with Crippen LogP contribution < -0.4 is 5.32 Å². The first-order chi connectivity index (χ1) is 9.93. The molecule has 0 aliphatic heterocycles. The second-order valence-corrected chi connectivity index (χ2v) is 6.42. The highest BCUT2D eigenvalue weighted by atomic mass is 32.1. The highest BCUT2D eigenvalue weighted by Gasteiger charge is 2.16. The van der Waals surface area contributed by atoms with Crippen LogP contribution in [0.1, 0.15) is 43.4 Å². The smallest absolute Gasteiger partial charge is 0.317 e. The summed E-state index contributed by atoms with van der Waals surface area (Å²) in [6.07, 6.45) is 1.56. The molecule has 0 atom stereocenters. The molecule has 21 heavy (non-hydrogen) atoms. The van der Waals surface area contributed by atoms with Gasteiger partial charge in [0.05, 0.1) is 6.54 Å². The van der Waals surface area contributed by atoms with E-state index in [9.17, 15) is 9.59 Å². The maximum atomic E-state index is 12.2. The van der Waals surface area contributed by atoms with E-state index in [1.54, 1.807) is 16.2 Å². The van der Waals surface area contributed by atoms with E-state index in [4.69, 9.17) is 5.11 Å². The average Bonchev–Trinajstić information content (AvgIpc) is 2.88. The van der Waals surface area contributed by atoms with Crippen LogP contribution in [0.25, 0.3) is 0 Å². The Bertz CT molecular complexity index is 471. The first-order valence-corrected chi connectivity index (χ1v) is 8.09. The van der Waals surface area contributed by atoms with Crippen LogP contribution in [0, 0.1) is 0 Å². The molecule has 1 aromatic rings.